The number of esters is 2. The highest BCUT2D eigenvalue weighted by Crippen LogP contribution is 2.38. The number of carbonyl (C=O) groups excluding carboxylic acids is 2. The van der Waals surface area contributed by atoms with Crippen LogP contribution in [0.2, 0.25) is 0 Å². The van der Waals surface area contributed by atoms with E-state index in [1.54, 1.807) is 37.2 Å². The SMILES string of the molecule is CCOC(=O)C1=CN(C(C)C)C=C(C(=O)OCC)C1c1cccc([N+](=O)[O-])c1. The van der Waals surface area contributed by atoms with Crippen LogP contribution in [0.25, 0.3) is 0 Å². The minimum atomic E-state index is -0.826. The Bertz CT molecular complexity index is 792. The van der Waals surface area contributed by atoms with Crippen molar-refractivity contribution in [3.05, 3.63) is 63.5 Å². The minimum absolute atomic E-state index is 0.0279. The summed E-state index contributed by atoms with van der Waals surface area (Å²) in [7, 11) is 0. The third-order valence-electron chi connectivity index (χ3n) is 4.23. The molecule has 0 saturated carbocycles. The molecule has 0 saturated heterocycles. The van der Waals surface area contributed by atoms with E-state index in [1.807, 2.05) is 13.8 Å². The van der Waals surface area contributed by atoms with Crippen molar-refractivity contribution in [3.8, 4) is 0 Å². The van der Waals surface area contributed by atoms with Crippen molar-refractivity contribution in [2.45, 2.75) is 39.7 Å². The molecular formula is C20H24N2O6. The molecule has 2 rings (SSSR count). The smallest absolute Gasteiger partial charge is 0.336 e. The van der Waals surface area contributed by atoms with Crippen molar-refractivity contribution >= 4 is 17.6 Å². The molecule has 0 spiro atoms. The molecule has 0 bridgehead atoms. The van der Waals surface area contributed by atoms with E-state index in [2.05, 4.69) is 0 Å². The van der Waals surface area contributed by atoms with Gasteiger partial charge >= 0.3 is 11.9 Å². The maximum absolute atomic E-state index is 12.7. The summed E-state index contributed by atoms with van der Waals surface area (Å²) in [5.74, 6) is -1.99. The van der Waals surface area contributed by atoms with Gasteiger partial charge in [0.05, 0.1) is 35.2 Å². The average Bonchev–Trinajstić information content (AvgIpc) is 2.67. The van der Waals surface area contributed by atoms with Crippen molar-refractivity contribution < 1.29 is 24.0 Å². The summed E-state index contributed by atoms with van der Waals surface area (Å²) in [6.45, 7) is 7.52. The second kappa shape index (κ2) is 9.16. The van der Waals surface area contributed by atoms with Gasteiger partial charge in [0.1, 0.15) is 0 Å². The Kier molecular flexibility index (Phi) is 6.92. The number of rotatable bonds is 7. The monoisotopic (exact) mass is 388 g/mol. The minimum Gasteiger partial charge on any atom is -0.463 e. The first-order chi connectivity index (χ1) is 13.3. The molecule has 0 radical (unpaired) electrons. The van der Waals surface area contributed by atoms with Gasteiger partial charge in [-0.1, -0.05) is 12.1 Å². The molecule has 0 aliphatic carbocycles. The van der Waals surface area contributed by atoms with Gasteiger partial charge in [0.2, 0.25) is 0 Å². The van der Waals surface area contributed by atoms with E-state index in [0.29, 0.717) is 5.56 Å². The van der Waals surface area contributed by atoms with Gasteiger partial charge in [0.25, 0.3) is 5.69 Å². The van der Waals surface area contributed by atoms with Crippen LogP contribution in [0.5, 0.6) is 0 Å². The lowest BCUT2D eigenvalue weighted by atomic mass is 9.83. The number of ether oxygens (including phenoxy) is 2. The van der Waals surface area contributed by atoms with Gasteiger partial charge in [-0.15, -0.1) is 0 Å². The van der Waals surface area contributed by atoms with Gasteiger partial charge in [-0.3, -0.25) is 10.1 Å². The molecule has 0 atom stereocenters. The highest BCUT2D eigenvalue weighted by Gasteiger charge is 2.36. The largest absolute Gasteiger partial charge is 0.463 e. The zero-order chi connectivity index (χ0) is 20.8. The lowest BCUT2D eigenvalue weighted by Gasteiger charge is -2.32. The maximum atomic E-state index is 12.7. The standard InChI is InChI=1S/C20H24N2O6/c1-5-27-19(23)16-11-21(13(3)4)12-17(20(24)28-6-2)18(16)14-8-7-9-15(10-14)22(25)26/h7-13,18H,5-6H2,1-4H3. The summed E-state index contributed by atoms with van der Waals surface area (Å²) in [5, 5.41) is 11.2. The predicted octanol–water partition coefficient (Wildman–Crippen LogP) is 3.30. The number of nitro groups is 1. The van der Waals surface area contributed by atoms with Crippen LogP contribution < -0.4 is 0 Å². The lowest BCUT2D eigenvalue weighted by Crippen LogP contribution is -2.32. The van der Waals surface area contributed by atoms with Gasteiger partial charge in [-0.25, -0.2) is 9.59 Å². The second-order valence-electron chi connectivity index (χ2n) is 6.44. The average molecular weight is 388 g/mol. The molecule has 1 aliphatic heterocycles. The molecule has 1 aliphatic rings. The molecule has 150 valence electrons. The zero-order valence-electron chi connectivity index (χ0n) is 16.4. The van der Waals surface area contributed by atoms with Crippen LogP contribution in [0.15, 0.2) is 47.8 Å². The summed E-state index contributed by atoms with van der Waals surface area (Å²) in [5.41, 5.74) is 0.759. The number of carbonyl (C=O) groups is 2. The zero-order valence-corrected chi connectivity index (χ0v) is 16.4. The summed E-state index contributed by atoms with van der Waals surface area (Å²) in [6, 6.07) is 5.85. The fourth-order valence-electron chi connectivity index (χ4n) is 2.92. The van der Waals surface area contributed by atoms with E-state index in [4.69, 9.17) is 9.47 Å². The highest BCUT2D eigenvalue weighted by atomic mass is 16.6. The molecule has 0 amide bonds. The van der Waals surface area contributed by atoms with Crippen LogP contribution in [-0.2, 0) is 19.1 Å². The second-order valence-corrected chi connectivity index (χ2v) is 6.44. The first-order valence-corrected chi connectivity index (χ1v) is 9.09. The fourth-order valence-corrected chi connectivity index (χ4v) is 2.92. The highest BCUT2D eigenvalue weighted by molar-refractivity contribution is 5.98. The first-order valence-electron chi connectivity index (χ1n) is 9.09. The molecule has 8 heteroatoms. The third-order valence-corrected chi connectivity index (χ3v) is 4.23. The topological polar surface area (TPSA) is 99.0 Å². The Labute approximate surface area is 163 Å². The van der Waals surface area contributed by atoms with E-state index < -0.39 is 22.8 Å². The summed E-state index contributed by atoms with van der Waals surface area (Å²) < 4.78 is 10.4. The van der Waals surface area contributed by atoms with Gasteiger partial charge < -0.3 is 14.4 Å². The van der Waals surface area contributed by atoms with Crippen LogP contribution in [0, 0.1) is 10.1 Å². The molecule has 0 unspecified atom stereocenters. The molecule has 0 aromatic heterocycles. The maximum Gasteiger partial charge on any atom is 0.336 e. The van der Waals surface area contributed by atoms with Crippen LogP contribution in [0.3, 0.4) is 0 Å². The van der Waals surface area contributed by atoms with E-state index in [0.717, 1.165) is 0 Å². The number of hydrogen-bond donors (Lipinski definition) is 0. The van der Waals surface area contributed by atoms with Crippen molar-refractivity contribution in [2.75, 3.05) is 13.2 Å². The summed E-state index contributed by atoms with van der Waals surface area (Å²) in [4.78, 5) is 37.7. The number of benzene rings is 1. The van der Waals surface area contributed by atoms with Crippen molar-refractivity contribution in [2.24, 2.45) is 0 Å². The number of hydrogen-bond acceptors (Lipinski definition) is 7. The summed E-state index contributed by atoms with van der Waals surface area (Å²) in [6.07, 6.45) is 3.24. The normalized spacial score (nSPS) is 14.4. The predicted molar refractivity (Wildman–Crippen MR) is 102 cm³/mol. The summed E-state index contributed by atoms with van der Waals surface area (Å²) >= 11 is 0. The molecule has 8 nitrogen and oxygen atoms in total. The number of nitrogens with zero attached hydrogens (tertiary/aromatic N) is 2. The van der Waals surface area contributed by atoms with E-state index in [9.17, 15) is 19.7 Å². The Morgan fingerprint density at radius 3 is 2.07 bits per heavy atom. The molecular weight excluding hydrogens is 364 g/mol. The van der Waals surface area contributed by atoms with Gasteiger partial charge in [-0.2, -0.15) is 0 Å². The Morgan fingerprint density at radius 2 is 1.64 bits per heavy atom. The van der Waals surface area contributed by atoms with Crippen molar-refractivity contribution in [1.82, 2.24) is 4.90 Å². The van der Waals surface area contributed by atoms with E-state index in [1.165, 1.54) is 18.2 Å². The Balaban J connectivity index is 2.65. The van der Waals surface area contributed by atoms with Crippen molar-refractivity contribution in [1.29, 1.82) is 0 Å². The quantitative estimate of drug-likeness (QED) is 0.401. The van der Waals surface area contributed by atoms with Crippen LogP contribution >= 0.6 is 0 Å². The Hall–Kier alpha value is -3.16. The van der Waals surface area contributed by atoms with Gasteiger partial charge in [0, 0.05) is 30.6 Å². The Morgan fingerprint density at radius 1 is 1.11 bits per heavy atom. The van der Waals surface area contributed by atoms with Crippen LogP contribution in [-0.4, -0.2) is 41.0 Å². The van der Waals surface area contributed by atoms with Gasteiger partial charge in [-0.05, 0) is 33.3 Å². The molecule has 1 aromatic rings. The molecule has 1 aromatic carbocycles. The molecule has 0 fully saturated rings. The molecule has 0 N–H and O–H groups in total. The first kappa shape index (κ1) is 21.1. The third kappa shape index (κ3) is 4.57. The molecule has 1 heterocycles. The van der Waals surface area contributed by atoms with Crippen molar-refractivity contribution in [3.63, 3.8) is 0 Å². The van der Waals surface area contributed by atoms with Crippen LogP contribution in [0.4, 0.5) is 5.69 Å². The number of non-ortho nitro benzene ring substituents is 1. The van der Waals surface area contributed by atoms with E-state index >= 15 is 0 Å². The number of nitro benzene ring substituents is 1. The fraction of sp³-hybridized carbons (Fsp3) is 0.400. The lowest BCUT2D eigenvalue weighted by molar-refractivity contribution is -0.384. The van der Waals surface area contributed by atoms with Crippen LogP contribution in [0.1, 0.15) is 39.2 Å². The molecule has 28 heavy (non-hydrogen) atoms. The van der Waals surface area contributed by atoms with E-state index in [-0.39, 0.29) is 36.1 Å². The van der Waals surface area contributed by atoms with Gasteiger partial charge in [0.15, 0.2) is 0 Å².